The van der Waals surface area contributed by atoms with Crippen molar-refractivity contribution in [2.24, 2.45) is 0 Å². The molecule has 0 bridgehead atoms. The van der Waals surface area contributed by atoms with Crippen molar-refractivity contribution >= 4 is 17.3 Å². The molecular formula is C10H8ClN5. The van der Waals surface area contributed by atoms with E-state index in [4.69, 9.17) is 22.6 Å². The van der Waals surface area contributed by atoms with Crippen LogP contribution >= 0.6 is 11.6 Å². The average Bonchev–Trinajstić information content (AvgIpc) is 2.63. The van der Waals surface area contributed by atoms with E-state index in [-0.39, 0.29) is 0 Å². The van der Waals surface area contributed by atoms with Crippen LogP contribution in [0.15, 0.2) is 18.2 Å². The lowest BCUT2D eigenvalue weighted by molar-refractivity contribution is 0.816. The number of aromatic nitrogens is 3. The fourth-order valence-electron chi connectivity index (χ4n) is 1.35. The van der Waals surface area contributed by atoms with E-state index in [2.05, 4.69) is 10.1 Å². The van der Waals surface area contributed by atoms with E-state index in [9.17, 15) is 0 Å². The van der Waals surface area contributed by atoms with E-state index < -0.39 is 0 Å². The zero-order valence-electron chi connectivity index (χ0n) is 8.48. The van der Waals surface area contributed by atoms with E-state index >= 15 is 0 Å². The molecule has 2 aromatic rings. The van der Waals surface area contributed by atoms with Crippen LogP contribution in [0.3, 0.4) is 0 Å². The van der Waals surface area contributed by atoms with Crippen LogP contribution in [0.4, 0.5) is 5.69 Å². The van der Waals surface area contributed by atoms with Gasteiger partial charge in [-0.15, -0.1) is 0 Å². The molecule has 2 rings (SSSR count). The summed E-state index contributed by atoms with van der Waals surface area (Å²) in [4.78, 5) is 4.08. The van der Waals surface area contributed by atoms with E-state index in [0.717, 1.165) is 5.69 Å². The molecule has 0 saturated heterocycles. The van der Waals surface area contributed by atoms with Crippen molar-refractivity contribution in [2.45, 2.75) is 6.92 Å². The Kier molecular flexibility index (Phi) is 2.50. The third kappa shape index (κ3) is 1.71. The van der Waals surface area contributed by atoms with Crippen molar-refractivity contribution in [3.05, 3.63) is 34.7 Å². The van der Waals surface area contributed by atoms with Gasteiger partial charge in [-0.3, -0.25) is 0 Å². The summed E-state index contributed by atoms with van der Waals surface area (Å²) in [7, 11) is 0. The van der Waals surface area contributed by atoms with Crippen LogP contribution in [0.25, 0.3) is 5.82 Å². The molecule has 6 heteroatoms. The molecule has 2 heterocycles. The van der Waals surface area contributed by atoms with Gasteiger partial charge in [0.2, 0.25) is 0 Å². The van der Waals surface area contributed by atoms with Gasteiger partial charge in [-0.2, -0.15) is 10.4 Å². The third-order valence-electron chi connectivity index (χ3n) is 2.07. The first-order chi connectivity index (χ1) is 7.61. The molecule has 0 aliphatic rings. The molecule has 16 heavy (non-hydrogen) atoms. The van der Waals surface area contributed by atoms with Crippen molar-refractivity contribution in [1.29, 1.82) is 5.26 Å². The number of pyridine rings is 1. The predicted octanol–water partition coefficient (Wildman–Crippen LogP) is 1.68. The lowest BCUT2D eigenvalue weighted by atomic mass is 10.3. The molecule has 0 unspecified atom stereocenters. The van der Waals surface area contributed by atoms with Gasteiger partial charge in [-0.05, 0) is 25.1 Å². The van der Waals surface area contributed by atoms with Crippen molar-refractivity contribution < 1.29 is 0 Å². The number of rotatable bonds is 1. The van der Waals surface area contributed by atoms with Gasteiger partial charge in [0.1, 0.15) is 11.2 Å². The van der Waals surface area contributed by atoms with Crippen LogP contribution < -0.4 is 5.73 Å². The Balaban J connectivity index is 2.63. The van der Waals surface area contributed by atoms with Crippen molar-refractivity contribution in [1.82, 2.24) is 14.8 Å². The second kappa shape index (κ2) is 3.83. The minimum Gasteiger partial charge on any atom is -0.396 e. The van der Waals surface area contributed by atoms with E-state index in [1.54, 1.807) is 18.2 Å². The Morgan fingerprint density at radius 3 is 2.88 bits per heavy atom. The van der Waals surface area contributed by atoms with E-state index in [1.807, 2.05) is 13.0 Å². The Morgan fingerprint density at radius 2 is 2.25 bits per heavy atom. The largest absolute Gasteiger partial charge is 0.396 e. The second-order valence-corrected chi connectivity index (χ2v) is 3.63. The number of nitrogens with zero attached hydrogens (tertiary/aromatic N) is 4. The fourth-order valence-corrected chi connectivity index (χ4v) is 1.49. The number of nitrogens with two attached hydrogens (primary N) is 1. The Morgan fingerprint density at radius 1 is 1.50 bits per heavy atom. The summed E-state index contributed by atoms with van der Waals surface area (Å²) in [5.41, 5.74) is 7.33. The molecule has 0 aliphatic heterocycles. The number of hydrogen-bond acceptors (Lipinski definition) is 4. The first-order valence-corrected chi connectivity index (χ1v) is 4.89. The number of anilines is 1. The number of nitriles is 1. The Labute approximate surface area is 97.1 Å². The van der Waals surface area contributed by atoms with Crippen LogP contribution in [0.2, 0.25) is 5.15 Å². The van der Waals surface area contributed by atoms with Crippen molar-refractivity contribution in [3.63, 3.8) is 0 Å². The zero-order valence-corrected chi connectivity index (χ0v) is 9.23. The standard InChI is InChI=1S/C10H8ClN5/c1-6-4-7(5-12)15-16(6)10-8(13)2-3-9(11)14-10/h2-4H,13H2,1H3. The van der Waals surface area contributed by atoms with Gasteiger partial charge in [-0.25, -0.2) is 9.67 Å². The minimum absolute atomic E-state index is 0.318. The smallest absolute Gasteiger partial charge is 0.178 e. The maximum absolute atomic E-state index is 8.74. The number of aryl methyl sites for hydroxylation is 1. The minimum atomic E-state index is 0.318. The molecule has 0 amide bonds. The predicted molar refractivity (Wildman–Crippen MR) is 60.2 cm³/mol. The highest BCUT2D eigenvalue weighted by molar-refractivity contribution is 6.29. The summed E-state index contributed by atoms with van der Waals surface area (Å²) in [5, 5.41) is 13.1. The summed E-state index contributed by atoms with van der Waals surface area (Å²) < 4.78 is 1.50. The SMILES string of the molecule is Cc1cc(C#N)nn1-c1nc(Cl)ccc1N. The molecule has 0 spiro atoms. The molecule has 80 valence electrons. The number of nitrogen functional groups attached to an aromatic ring is 1. The number of halogens is 1. The van der Waals surface area contributed by atoms with Gasteiger partial charge >= 0.3 is 0 Å². The highest BCUT2D eigenvalue weighted by Crippen LogP contribution is 2.19. The first kappa shape index (κ1) is 10.5. The van der Waals surface area contributed by atoms with Crippen LogP contribution in [0.5, 0.6) is 0 Å². The summed E-state index contributed by atoms with van der Waals surface area (Å²) in [6, 6.07) is 6.87. The van der Waals surface area contributed by atoms with Gasteiger partial charge in [0.05, 0.1) is 5.69 Å². The maximum Gasteiger partial charge on any atom is 0.178 e. The van der Waals surface area contributed by atoms with Gasteiger partial charge in [0.15, 0.2) is 11.5 Å². The van der Waals surface area contributed by atoms with Crippen LogP contribution in [-0.4, -0.2) is 14.8 Å². The molecule has 0 radical (unpaired) electrons. The molecule has 2 aromatic heterocycles. The zero-order chi connectivity index (χ0) is 11.7. The summed E-state index contributed by atoms with van der Waals surface area (Å²) in [6.07, 6.45) is 0. The third-order valence-corrected chi connectivity index (χ3v) is 2.28. The quantitative estimate of drug-likeness (QED) is 0.760. The molecule has 0 aliphatic carbocycles. The summed E-state index contributed by atoms with van der Waals surface area (Å²) >= 11 is 5.79. The molecule has 0 aromatic carbocycles. The van der Waals surface area contributed by atoms with E-state index in [1.165, 1.54) is 4.68 Å². The van der Waals surface area contributed by atoms with Gasteiger partial charge in [0.25, 0.3) is 0 Å². The monoisotopic (exact) mass is 233 g/mol. The highest BCUT2D eigenvalue weighted by Gasteiger charge is 2.10. The fraction of sp³-hybridized carbons (Fsp3) is 0.100. The average molecular weight is 234 g/mol. The topological polar surface area (TPSA) is 80.5 Å². The second-order valence-electron chi connectivity index (χ2n) is 3.24. The van der Waals surface area contributed by atoms with Crippen molar-refractivity contribution in [3.8, 4) is 11.9 Å². The van der Waals surface area contributed by atoms with Crippen LogP contribution in [-0.2, 0) is 0 Å². The molecule has 5 nitrogen and oxygen atoms in total. The maximum atomic E-state index is 8.74. The van der Waals surface area contributed by atoms with Crippen LogP contribution in [0, 0.1) is 18.3 Å². The van der Waals surface area contributed by atoms with Crippen molar-refractivity contribution in [2.75, 3.05) is 5.73 Å². The van der Waals surface area contributed by atoms with Gasteiger partial charge in [0, 0.05) is 5.69 Å². The van der Waals surface area contributed by atoms with E-state index in [0.29, 0.717) is 22.4 Å². The van der Waals surface area contributed by atoms with Crippen LogP contribution in [0.1, 0.15) is 11.4 Å². The molecule has 0 fully saturated rings. The van der Waals surface area contributed by atoms with Gasteiger partial charge in [-0.1, -0.05) is 11.6 Å². The lowest BCUT2D eigenvalue weighted by Gasteiger charge is -2.06. The molecule has 0 saturated carbocycles. The Hall–Kier alpha value is -2.06. The molecule has 0 atom stereocenters. The Bertz CT molecular complexity index is 581. The summed E-state index contributed by atoms with van der Waals surface area (Å²) in [6.45, 7) is 1.82. The van der Waals surface area contributed by atoms with Gasteiger partial charge < -0.3 is 5.73 Å². The first-order valence-electron chi connectivity index (χ1n) is 4.51. The number of hydrogen-bond donors (Lipinski definition) is 1. The molecule has 2 N–H and O–H groups in total. The molecular weight excluding hydrogens is 226 g/mol. The highest BCUT2D eigenvalue weighted by atomic mass is 35.5. The summed E-state index contributed by atoms with van der Waals surface area (Å²) in [5.74, 6) is 0.437. The normalized spacial score (nSPS) is 10.1. The lowest BCUT2D eigenvalue weighted by Crippen LogP contribution is -2.06.